The molecule has 0 spiro atoms. The molecule has 0 amide bonds. The van der Waals surface area contributed by atoms with Crippen molar-refractivity contribution in [1.29, 1.82) is 0 Å². The zero-order valence-corrected chi connectivity index (χ0v) is 16.4. The number of rotatable bonds is 4. The van der Waals surface area contributed by atoms with E-state index < -0.39 is 0 Å². The summed E-state index contributed by atoms with van der Waals surface area (Å²) in [6.07, 6.45) is 5.47. The number of nitrogens with zero attached hydrogens (tertiary/aromatic N) is 3. The molecule has 0 saturated carbocycles. The quantitative estimate of drug-likeness (QED) is 0.850. The lowest BCUT2D eigenvalue weighted by molar-refractivity contribution is -0.0710. The van der Waals surface area contributed by atoms with Crippen molar-refractivity contribution in [1.82, 2.24) is 15.1 Å². The van der Waals surface area contributed by atoms with Crippen LogP contribution in [-0.2, 0) is 17.6 Å². The maximum atomic E-state index is 10.7. The van der Waals surface area contributed by atoms with E-state index in [9.17, 15) is 5.11 Å². The highest BCUT2D eigenvalue weighted by Crippen LogP contribution is 2.38. The minimum Gasteiger partial charge on any atom is -0.507 e. The van der Waals surface area contributed by atoms with E-state index in [1.54, 1.807) is 0 Å². The fourth-order valence-corrected chi connectivity index (χ4v) is 4.76. The van der Waals surface area contributed by atoms with Gasteiger partial charge in [0.05, 0.1) is 24.9 Å². The van der Waals surface area contributed by atoms with Crippen molar-refractivity contribution in [3.8, 4) is 17.0 Å². The lowest BCUT2D eigenvalue weighted by atomic mass is 10.00. The average molecular weight is 380 g/mol. The molecule has 2 N–H and O–H groups in total. The van der Waals surface area contributed by atoms with E-state index in [4.69, 9.17) is 4.74 Å². The maximum absolute atomic E-state index is 10.7. The Labute approximate surface area is 165 Å². The molecule has 28 heavy (non-hydrogen) atoms. The Kier molecular flexibility index (Phi) is 4.69. The van der Waals surface area contributed by atoms with Gasteiger partial charge in [0.1, 0.15) is 11.6 Å². The molecule has 2 fully saturated rings. The summed E-state index contributed by atoms with van der Waals surface area (Å²) >= 11 is 0. The summed E-state index contributed by atoms with van der Waals surface area (Å²) in [5, 5.41) is 23.2. The molecule has 2 saturated heterocycles. The van der Waals surface area contributed by atoms with Crippen LogP contribution >= 0.6 is 0 Å². The summed E-state index contributed by atoms with van der Waals surface area (Å²) in [7, 11) is 0. The second-order valence-electron chi connectivity index (χ2n) is 8.38. The van der Waals surface area contributed by atoms with E-state index in [0.29, 0.717) is 17.8 Å². The molecule has 3 aliphatic rings. The molecule has 6 heteroatoms. The summed E-state index contributed by atoms with van der Waals surface area (Å²) in [5.41, 5.74) is 4.96. The molecule has 6 nitrogen and oxygen atoms in total. The Morgan fingerprint density at radius 1 is 1.18 bits per heavy atom. The number of phenols is 1. The second kappa shape index (κ2) is 7.33. The van der Waals surface area contributed by atoms with Crippen LogP contribution in [0, 0.1) is 6.92 Å². The predicted molar refractivity (Wildman–Crippen MR) is 109 cm³/mol. The van der Waals surface area contributed by atoms with Crippen LogP contribution in [0.2, 0.25) is 0 Å². The van der Waals surface area contributed by atoms with Gasteiger partial charge < -0.3 is 15.2 Å². The number of likely N-dealkylation sites (tertiary alicyclic amines) is 1. The highest BCUT2D eigenvalue weighted by Gasteiger charge is 2.30. The molecule has 1 atom stereocenters. The smallest absolute Gasteiger partial charge is 0.149 e. The number of benzene rings is 1. The Morgan fingerprint density at radius 2 is 2.07 bits per heavy atom. The SMILES string of the molecule is Cc1cc(N[C@@H]2CCCN(C3COC3)C2)nnc1-c1ccc2c(c1O)CCC2. The first kappa shape index (κ1) is 17.9. The van der Waals surface area contributed by atoms with Crippen molar-refractivity contribution >= 4 is 5.82 Å². The highest BCUT2D eigenvalue weighted by molar-refractivity contribution is 5.73. The number of aryl methyl sites for hydroxylation is 2. The van der Waals surface area contributed by atoms with Crippen LogP contribution in [0.15, 0.2) is 18.2 Å². The normalized spacial score (nSPS) is 22.7. The fourth-order valence-electron chi connectivity index (χ4n) is 4.76. The first-order valence-electron chi connectivity index (χ1n) is 10.5. The van der Waals surface area contributed by atoms with Crippen LogP contribution in [0.3, 0.4) is 0 Å². The summed E-state index contributed by atoms with van der Waals surface area (Å²) < 4.78 is 5.35. The third kappa shape index (κ3) is 3.25. The molecule has 0 unspecified atom stereocenters. The number of nitrogens with one attached hydrogen (secondary N) is 1. The topological polar surface area (TPSA) is 70.5 Å². The summed E-state index contributed by atoms with van der Waals surface area (Å²) in [6, 6.07) is 7.15. The third-order valence-corrected chi connectivity index (χ3v) is 6.43. The van der Waals surface area contributed by atoms with E-state index in [-0.39, 0.29) is 0 Å². The summed E-state index contributed by atoms with van der Waals surface area (Å²) in [5.74, 6) is 1.21. The van der Waals surface area contributed by atoms with Gasteiger partial charge in [0.15, 0.2) is 0 Å². The molecule has 1 aromatic heterocycles. The number of fused-ring (bicyclic) bond motifs is 1. The second-order valence-corrected chi connectivity index (χ2v) is 8.38. The molecular formula is C22H28N4O2. The van der Waals surface area contributed by atoms with Crippen LogP contribution in [0.25, 0.3) is 11.3 Å². The number of anilines is 1. The van der Waals surface area contributed by atoms with Crippen LogP contribution in [0.4, 0.5) is 5.82 Å². The van der Waals surface area contributed by atoms with Crippen LogP contribution in [-0.4, -0.2) is 58.6 Å². The average Bonchev–Trinajstić information content (AvgIpc) is 3.12. The molecule has 1 aromatic carbocycles. The molecule has 1 aliphatic carbocycles. The number of aromatic hydroxyl groups is 1. The number of ether oxygens (including phenoxy) is 1. The van der Waals surface area contributed by atoms with Gasteiger partial charge in [-0.25, -0.2) is 0 Å². The Hall–Kier alpha value is -2.18. The van der Waals surface area contributed by atoms with Crippen LogP contribution < -0.4 is 5.32 Å². The van der Waals surface area contributed by atoms with Crippen molar-refractivity contribution in [2.45, 2.75) is 51.1 Å². The van der Waals surface area contributed by atoms with Gasteiger partial charge in [-0.05, 0) is 74.4 Å². The van der Waals surface area contributed by atoms with Crippen molar-refractivity contribution < 1.29 is 9.84 Å². The van der Waals surface area contributed by atoms with E-state index in [0.717, 1.165) is 80.2 Å². The molecule has 2 aromatic rings. The van der Waals surface area contributed by atoms with Gasteiger partial charge in [0, 0.05) is 18.2 Å². The van der Waals surface area contributed by atoms with Crippen molar-refractivity contribution in [2.75, 3.05) is 31.6 Å². The standard InChI is InChI=1S/C22H28N4O2/c1-14-10-20(23-16-5-3-9-26(11-16)17-12-28-13-17)24-25-21(14)19-8-7-15-4-2-6-18(15)22(19)27/h7-8,10,16-17,27H,2-6,9,11-13H2,1H3,(H,23,24)/t16-/m1/s1. The molecular weight excluding hydrogens is 352 g/mol. The predicted octanol–water partition coefficient (Wildman–Crippen LogP) is 2.92. The number of hydrogen-bond donors (Lipinski definition) is 2. The third-order valence-electron chi connectivity index (χ3n) is 6.43. The van der Waals surface area contributed by atoms with E-state index in [1.165, 1.54) is 12.0 Å². The van der Waals surface area contributed by atoms with Crippen molar-refractivity contribution in [2.24, 2.45) is 0 Å². The van der Waals surface area contributed by atoms with E-state index in [1.807, 2.05) is 13.0 Å². The van der Waals surface area contributed by atoms with Crippen molar-refractivity contribution in [3.63, 3.8) is 0 Å². The van der Waals surface area contributed by atoms with Gasteiger partial charge in [-0.2, -0.15) is 0 Å². The molecule has 5 rings (SSSR count). The zero-order chi connectivity index (χ0) is 19.1. The van der Waals surface area contributed by atoms with Crippen LogP contribution in [0.5, 0.6) is 5.75 Å². The van der Waals surface area contributed by atoms with E-state index >= 15 is 0 Å². The molecule has 3 heterocycles. The summed E-state index contributed by atoms with van der Waals surface area (Å²) in [6.45, 7) is 5.96. The highest BCUT2D eigenvalue weighted by atomic mass is 16.5. The van der Waals surface area contributed by atoms with Gasteiger partial charge in [-0.1, -0.05) is 6.07 Å². The number of aromatic nitrogens is 2. The molecule has 0 radical (unpaired) electrons. The Bertz CT molecular complexity index is 881. The first-order valence-corrected chi connectivity index (χ1v) is 10.5. The van der Waals surface area contributed by atoms with E-state index in [2.05, 4.69) is 32.5 Å². The van der Waals surface area contributed by atoms with Crippen LogP contribution in [0.1, 0.15) is 36.0 Å². The number of piperidine rings is 1. The Balaban J connectivity index is 1.33. The maximum Gasteiger partial charge on any atom is 0.149 e. The van der Waals surface area contributed by atoms with Gasteiger partial charge in [0.2, 0.25) is 0 Å². The molecule has 148 valence electrons. The first-order chi connectivity index (χ1) is 13.7. The lowest BCUT2D eigenvalue weighted by Gasteiger charge is -2.42. The van der Waals surface area contributed by atoms with Crippen molar-refractivity contribution in [3.05, 3.63) is 34.9 Å². The molecule has 0 bridgehead atoms. The largest absolute Gasteiger partial charge is 0.507 e. The van der Waals surface area contributed by atoms with Gasteiger partial charge in [0.25, 0.3) is 0 Å². The van der Waals surface area contributed by atoms with Gasteiger partial charge in [-0.15, -0.1) is 10.2 Å². The van der Waals surface area contributed by atoms with Gasteiger partial charge >= 0.3 is 0 Å². The Morgan fingerprint density at radius 3 is 2.86 bits per heavy atom. The monoisotopic (exact) mass is 380 g/mol. The number of phenolic OH excluding ortho intramolecular Hbond substituents is 1. The lowest BCUT2D eigenvalue weighted by Crippen LogP contribution is -2.54. The van der Waals surface area contributed by atoms with Gasteiger partial charge in [-0.3, -0.25) is 4.90 Å². The zero-order valence-electron chi connectivity index (χ0n) is 16.4. The minimum absolute atomic E-state index is 0.388. The fraction of sp³-hybridized carbons (Fsp3) is 0.545. The molecule has 2 aliphatic heterocycles. The number of hydrogen-bond acceptors (Lipinski definition) is 6. The summed E-state index contributed by atoms with van der Waals surface area (Å²) in [4.78, 5) is 2.53. The minimum atomic E-state index is 0.388.